The maximum absolute atomic E-state index is 10.1. The first kappa shape index (κ1) is 8.11. The second-order valence-electron chi connectivity index (χ2n) is 2.31. The van der Waals surface area contributed by atoms with Crippen molar-refractivity contribution in [1.29, 1.82) is 0 Å². The van der Waals surface area contributed by atoms with Crippen LogP contribution in [0.1, 0.15) is 13.8 Å². The molecular formula is C3H9NO3P-. The van der Waals surface area contributed by atoms with Crippen LogP contribution in [0.25, 0.3) is 0 Å². The molecule has 8 heavy (non-hydrogen) atoms. The van der Waals surface area contributed by atoms with Gasteiger partial charge >= 0.3 is 0 Å². The van der Waals surface area contributed by atoms with Crippen LogP contribution in [0.4, 0.5) is 0 Å². The summed E-state index contributed by atoms with van der Waals surface area (Å²) in [6, 6.07) is 0. The highest BCUT2D eigenvalue weighted by Crippen LogP contribution is 2.35. The monoisotopic (exact) mass is 138 g/mol. The minimum absolute atomic E-state index is 1.27. The average Bonchev–Trinajstić information content (AvgIpc) is 1.25. The van der Waals surface area contributed by atoms with Crippen LogP contribution < -0.4 is 15.5 Å². The van der Waals surface area contributed by atoms with E-state index in [4.69, 9.17) is 0 Å². The molecule has 0 radical (unpaired) electrons. The minimum Gasteiger partial charge on any atom is -0.806 e. The van der Waals surface area contributed by atoms with Crippen molar-refractivity contribution in [3.05, 3.63) is 0 Å². The Hall–Kier alpha value is 0.110. The van der Waals surface area contributed by atoms with Gasteiger partial charge in [0, 0.05) is 0 Å². The van der Waals surface area contributed by atoms with E-state index in [1.54, 1.807) is 0 Å². The van der Waals surface area contributed by atoms with E-state index in [0.29, 0.717) is 0 Å². The molecule has 0 spiro atoms. The summed E-state index contributed by atoms with van der Waals surface area (Å²) < 4.78 is 10.1. The van der Waals surface area contributed by atoms with Crippen molar-refractivity contribution in [2.75, 3.05) is 0 Å². The van der Waals surface area contributed by atoms with Crippen LogP contribution in [-0.2, 0) is 4.57 Å². The molecule has 0 aliphatic heterocycles. The van der Waals surface area contributed by atoms with E-state index in [1.807, 2.05) is 0 Å². The van der Waals surface area contributed by atoms with Gasteiger partial charge in [0.05, 0.1) is 0 Å². The molecule has 0 saturated carbocycles. The first-order valence-electron chi connectivity index (χ1n) is 2.12. The lowest BCUT2D eigenvalue weighted by molar-refractivity contribution is -0.466. The minimum atomic E-state index is -4.46. The van der Waals surface area contributed by atoms with Crippen molar-refractivity contribution in [3.63, 3.8) is 0 Å². The molecule has 50 valence electrons. The molecule has 0 amide bonds. The summed E-state index contributed by atoms with van der Waals surface area (Å²) in [4.78, 5) is 20.1. The molecule has 0 bridgehead atoms. The van der Waals surface area contributed by atoms with Crippen molar-refractivity contribution in [2.24, 2.45) is 0 Å². The molecular weight excluding hydrogens is 129 g/mol. The van der Waals surface area contributed by atoms with Crippen LogP contribution in [0.3, 0.4) is 0 Å². The topological polar surface area (TPSA) is 90.8 Å². The van der Waals surface area contributed by atoms with Crippen molar-refractivity contribution in [1.82, 2.24) is 0 Å². The van der Waals surface area contributed by atoms with E-state index in [0.717, 1.165) is 0 Å². The van der Waals surface area contributed by atoms with Crippen molar-refractivity contribution >= 4 is 7.60 Å². The molecule has 0 aromatic heterocycles. The van der Waals surface area contributed by atoms with Gasteiger partial charge in [-0.2, -0.15) is 0 Å². The molecule has 0 aromatic rings. The fourth-order valence-corrected chi connectivity index (χ4v) is 0. The highest BCUT2D eigenvalue weighted by molar-refractivity contribution is 7.50. The van der Waals surface area contributed by atoms with Crippen molar-refractivity contribution in [2.45, 2.75) is 19.1 Å². The van der Waals surface area contributed by atoms with E-state index >= 15 is 0 Å². The van der Waals surface area contributed by atoms with Gasteiger partial charge in [0.15, 0.2) is 0 Å². The summed E-state index contributed by atoms with van der Waals surface area (Å²) in [5, 5.41) is -1.37. The fourth-order valence-electron chi connectivity index (χ4n) is 0. The molecule has 0 saturated heterocycles. The molecule has 5 heteroatoms. The van der Waals surface area contributed by atoms with E-state index in [1.165, 1.54) is 13.8 Å². The van der Waals surface area contributed by atoms with E-state index in [-0.39, 0.29) is 0 Å². The van der Waals surface area contributed by atoms with Gasteiger partial charge in [-0.1, -0.05) is 0 Å². The third-order valence-corrected chi connectivity index (χ3v) is 2.22. The average molecular weight is 138 g/mol. The summed E-state index contributed by atoms with van der Waals surface area (Å²) in [6.45, 7) is 2.54. The first-order chi connectivity index (χ1) is 3.25. The zero-order valence-electron chi connectivity index (χ0n) is 4.88. The molecule has 0 rings (SSSR count). The summed E-state index contributed by atoms with van der Waals surface area (Å²) in [6.07, 6.45) is 0. The van der Waals surface area contributed by atoms with Crippen LogP contribution in [0.5, 0.6) is 0 Å². The zero-order chi connectivity index (χ0) is 7.00. The van der Waals surface area contributed by atoms with Crippen LogP contribution in [0.15, 0.2) is 0 Å². The Morgan fingerprint density at radius 3 is 1.62 bits per heavy atom. The molecule has 0 aliphatic carbocycles. The molecule has 3 N–H and O–H groups in total. The predicted molar refractivity (Wildman–Crippen MR) is 24.6 cm³/mol. The summed E-state index contributed by atoms with van der Waals surface area (Å²) in [5.41, 5.74) is 3.15. The summed E-state index contributed by atoms with van der Waals surface area (Å²) >= 11 is 0. The van der Waals surface area contributed by atoms with Gasteiger partial charge in [0.2, 0.25) is 0 Å². The lowest BCUT2D eigenvalue weighted by Gasteiger charge is -2.38. The number of quaternary nitrogens is 1. The maximum Gasteiger partial charge on any atom is 0.114 e. The SMILES string of the molecule is CC(C)([NH3+])P(=O)([O-])[O-]. The van der Waals surface area contributed by atoms with Gasteiger partial charge in [-0.3, -0.25) is 0 Å². The third-order valence-electron chi connectivity index (χ3n) is 0.741. The largest absolute Gasteiger partial charge is 0.806 e. The Kier molecular flexibility index (Phi) is 1.83. The van der Waals surface area contributed by atoms with E-state index in [9.17, 15) is 14.4 Å². The molecule has 0 atom stereocenters. The van der Waals surface area contributed by atoms with Gasteiger partial charge in [0.1, 0.15) is 5.28 Å². The van der Waals surface area contributed by atoms with Crippen molar-refractivity contribution in [3.8, 4) is 0 Å². The Morgan fingerprint density at radius 2 is 1.62 bits per heavy atom. The second-order valence-corrected chi connectivity index (χ2v) is 4.52. The Morgan fingerprint density at radius 1 is 1.50 bits per heavy atom. The third kappa shape index (κ3) is 1.92. The lowest BCUT2D eigenvalue weighted by Crippen LogP contribution is -2.71. The lowest BCUT2D eigenvalue weighted by atomic mass is 10.4. The normalized spacial score (nSPS) is 14.1. The van der Waals surface area contributed by atoms with Crippen LogP contribution >= 0.6 is 7.60 Å². The van der Waals surface area contributed by atoms with Gasteiger partial charge in [0.25, 0.3) is 0 Å². The molecule has 0 heterocycles. The number of rotatable bonds is 1. The smallest absolute Gasteiger partial charge is 0.114 e. The van der Waals surface area contributed by atoms with E-state index < -0.39 is 12.9 Å². The summed E-state index contributed by atoms with van der Waals surface area (Å²) in [7, 11) is -4.46. The first-order valence-corrected chi connectivity index (χ1v) is 3.67. The van der Waals surface area contributed by atoms with Crippen LogP contribution in [0.2, 0.25) is 0 Å². The Balaban J connectivity index is 4.26. The standard InChI is InChI=1S/C3H10NO3P/c1-3(2,4)8(5,6)7/h4H2,1-2H3,(H2,5,6,7)/p-1. The number of hydrogen-bond donors (Lipinski definition) is 1. The highest BCUT2D eigenvalue weighted by atomic mass is 31.2. The Labute approximate surface area is 47.9 Å². The summed E-state index contributed by atoms with van der Waals surface area (Å²) in [5.74, 6) is 0. The molecule has 0 unspecified atom stereocenters. The second kappa shape index (κ2) is 1.81. The molecule has 0 fully saturated rings. The van der Waals surface area contributed by atoms with Gasteiger partial charge in [-0.15, -0.1) is 0 Å². The molecule has 4 nitrogen and oxygen atoms in total. The molecule has 0 aromatic carbocycles. The van der Waals surface area contributed by atoms with E-state index in [2.05, 4.69) is 5.73 Å². The number of hydrogen-bond acceptors (Lipinski definition) is 3. The highest BCUT2D eigenvalue weighted by Gasteiger charge is 2.18. The maximum atomic E-state index is 10.1. The van der Waals surface area contributed by atoms with Gasteiger partial charge in [-0.05, 0) is 21.4 Å². The van der Waals surface area contributed by atoms with Crippen molar-refractivity contribution < 1.29 is 20.1 Å². The van der Waals surface area contributed by atoms with Crippen LogP contribution in [0, 0.1) is 0 Å². The van der Waals surface area contributed by atoms with Gasteiger partial charge < -0.3 is 20.1 Å². The fraction of sp³-hybridized carbons (Fsp3) is 1.00. The van der Waals surface area contributed by atoms with Crippen LogP contribution in [-0.4, -0.2) is 5.28 Å². The quantitative estimate of drug-likeness (QED) is 0.420. The molecule has 0 aliphatic rings. The Bertz CT molecular complexity index is 121. The zero-order valence-corrected chi connectivity index (χ0v) is 5.77. The van der Waals surface area contributed by atoms with Gasteiger partial charge in [-0.25, -0.2) is 0 Å². The predicted octanol–water partition coefficient (Wildman–Crippen LogP) is -2.12.